The zero-order valence-corrected chi connectivity index (χ0v) is 11.4. The lowest BCUT2D eigenvalue weighted by Gasteiger charge is -2.56. The van der Waals surface area contributed by atoms with Crippen molar-refractivity contribution in [2.24, 2.45) is 23.2 Å². The van der Waals surface area contributed by atoms with Gasteiger partial charge in [-0.3, -0.25) is 4.79 Å². The first-order valence-electron chi connectivity index (χ1n) is 7.74. The van der Waals surface area contributed by atoms with Crippen LogP contribution in [0.25, 0.3) is 0 Å². The van der Waals surface area contributed by atoms with E-state index < -0.39 is 0 Å². The lowest BCUT2D eigenvalue weighted by molar-refractivity contribution is -0.126. The number of furan rings is 1. The molecule has 102 valence electrons. The molecule has 0 unspecified atom stereocenters. The summed E-state index contributed by atoms with van der Waals surface area (Å²) < 4.78 is 5.06. The third-order valence-corrected chi connectivity index (χ3v) is 5.72. The van der Waals surface area contributed by atoms with Gasteiger partial charge in [-0.1, -0.05) is 0 Å². The molecule has 2 heteroatoms. The zero-order valence-electron chi connectivity index (χ0n) is 11.4. The summed E-state index contributed by atoms with van der Waals surface area (Å²) in [4.78, 5) is 12.4. The molecule has 0 aliphatic heterocycles. The Bertz CT molecular complexity index is 436. The maximum atomic E-state index is 12.4. The van der Waals surface area contributed by atoms with Crippen LogP contribution in [0, 0.1) is 23.2 Å². The van der Waals surface area contributed by atoms with E-state index in [0.717, 1.165) is 29.7 Å². The maximum absolute atomic E-state index is 12.4. The molecule has 0 aromatic carbocycles. The van der Waals surface area contributed by atoms with Crippen molar-refractivity contribution < 1.29 is 9.21 Å². The van der Waals surface area contributed by atoms with E-state index in [2.05, 4.69) is 0 Å². The molecule has 1 aromatic rings. The van der Waals surface area contributed by atoms with Crippen LogP contribution in [0.1, 0.15) is 50.5 Å². The minimum atomic E-state index is 0.384. The Morgan fingerprint density at radius 3 is 2.32 bits per heavy atom. The molecule has 1 heterocycles. The quantitative estimate of drug-likeness (QED) is 0.817. The van der Waals surface area contributed by atoms with Crippen molar-refractivity contribution in [2.75, 3.05) is 0 Å². The van der Waals surface area contributed by atoms with Crippen LogP contribution in [0.2, 0.25) is 0 Å². The highest BCUT2D eigenvalue weighted by molar-refractivity contribution is 5.81. The number of rotatable bonds is 4. The van der Waals surface area contributed by atoms with Gasteiger partial charge in [0.2, 0.25) is 0 Å². The Balaban J connectivity index is 1.46. The molecule has 0 atom stereocenters. The number of hydrogen-bond acceptors (Lipinski definition) is 2. The van der Waals surface area contributed by atoms with Gasteiger partial charge in [0.05, 0.1) is 12.5 Å². The second-order valence-electron chi connectivity index (χ2n) is 7.44. The lowest BCUT2D eigenvalue weighted by Crippen LogP contribution is -2.47. The van der Waals surface area contributed by atoms with E-state index in [1.54, 1.807) is 12.5 Å². The highest BCUT2D eigenvalue weighted by atomic mass is 16.3. The summed E-state index contributed by atoms with van der Waals surface area (Å²) in [6.07, 6.45) is 13.1. The number of carbonyl (C=O) groups excluding carboxylic acids is 1. The van der Waals surface area contributed by atoms with Gasteiger partial charge in [0, 0.05) is 12.8 Å². The second-order valence-corrected chi connectivity index (χ2v) is 7.44. The molecule has 0 radical (unpaired) electrons. The van der Waals surface area contributed by atoms with Gasteiger partial charge in [-0.25, -0.2) is 0 Å². The monoisotopic (exact) mass is 258 g/mol. The summed E-state index contributed by atoms with van der Waals surface area (Å²) >= 11 is 0. The average Bonchev–Trinajstić information content (AvgIpc) is 2.78. The van der Waals surface area contributed by atoms with E-state index in [1.165, 1.54) is 38.5 Å². The molecule has 0 amide bonds. The predicted octanol–water partition coefficient (Wildman–Crippen LogP) is 4.00. The highest BCUT2D eigenvalue weighted by Gasteiger charge is 2.51. The molecular formula is C17H22O2. The van der Waals surface area contributed by atoms with Crippen LogP contribution in [0.15, 0.2) is 23.0 Å². The van der Waals surface area contributed by atoms with Crippen LogP contribution in [0.4, 0.5) is 0 Å². The van der Waals surface area contributed by atoms with Crippen molar-refractivity contribution in [3.63, 3.8) is 0 Å². The second kappa shape index (κ2) is 4.22. The summed E-state index contributed by atoms with van der Waals surface area (Å²) in [5.41, 5.74) is 1.42. The van der Waals surface area contributed by atoms with Crippen molar-refractivity contribution in [3.8, 4) is 0 Å². The van der Waals surface area contributed by atoms with Crippen molar-refractivity contribution in [1.82, 2.24) is 0 Å². The fourth-order valence-corrected chi connectivity index (χ4v) is 5.61. The topological polar surface area (TPSA) is 30.2 Å². The minimum Gasteiger partial charge on any atom is -0.472 e. The number of ketones is 1. The predicted molar refractivity (Wildman–Crippen MR) is 72.6 cm³/mol. The van der Waals surface area contributed by atoms with Gasteiger partial charge in [0.25, 0.3) is 0 Å². The fourth-order valence-electron chi connectivity index (χ4n) is 5.61. The van der Waals surface area contributed by atoms with Crippen LogP contribution >= 0.6 is 0 Å². The van der Waals surface area contributed by atoms with Crippen LogP contribution in [-0.2, 0) is 11.2 Å². The average molecular weight is 258 g/mol. The molecule has 0 saturated heterocycles. The van der Waals surface area contributed by atoms with Gasteiger partial charge in [-0.15, -0.1) is 0 Å². The first-order chi connectivity index (χ1) is 9.21. The van der Waals surface area contributed by atoms with Gasteiger partial charge in [-0.2, -0.15) is 0 Å². The molecule has 19 heavy (non-hydrogen) atoms. The molecule has 4 bridgehead atoms. The fraction of sp³-hybridized carbons (Fsp3) is 0.706. The van der Waals surface area contributed by atoms with E-state index >= 15 is 0 Å². The summed E-state index contributed by atoms with van der Waals surface area (Å²) in [5, 5.41) is 0. The van der Waals surface area contributed by atoms with E-state index in [-0.39, 0.29) is 0 Å². The van der Waals surface area contributed by atoms with E-state index in [9.17, 15) is 4.79 Å². The summed E-state index contributed by atoms with van der Waals surface area (Å²) in [6.45, 7) is 0. The van der Waals surface area contributed by atoms with Crippen LogP contribution in [0.5, 0.6) is 0 Å². The van der Waals surface area contributed by atoms with E-state index in [0.29, 0.717) is 17.6 Å². The molecule has 4 saturated carbocycles. The minimum absolute atomic E-state index is 0.384. The molecule has 0 spiro atoms. The molecule has 4 fully saturated rings. The van der Waals surface area contributed by atoms with E-state index in [4.69, 9.17) is 4.42 Å². The zero-order chi connectivity index (χ0) is 12.9. The Morgan fingerprint density at radius 1 is 1.16 bits per heavy atom. The summed E-state index contributed by atoms with van der Waals surface area (Å²) in [6, 6.07) is 1.91. The molecular weight excluding hydrogens is 236 g/mol. The normalized spacial score (nSPS) is 39.7. The van der Waals surface area contributed by atoms with Gasteiger partial charge in [0.15, 0.2) is 0 Å². The Labute approximate surface area is 114 Å². The molecule has 5 rings (SSSR count). The molecule has 2 nitrogen and oxygen atoms in total. The SMILES string of the molecule is O=C(Cc1ccoc1)CC12CC3CC(CC(C3)C1)C2. The Kier molecular flexibility index (Phi) is 2.61. The van der Waals surface area contributed by atoms with Crippen LogP contribution in [-0.4, -0.2) is 5.78 Å². The third kappa shape index (κ3) is 2.15. The number of hydrogen-bond donors (Lipinski definition) is 0. The van der Waals surface area contributed by atoms with Gasteiger partial charge < -0.3 is 4.42 Å². The highest BCUT2D eigenvalue weighted by Crippen LogP contribution is 2.61. The number of Topliss-reactive ketones (excluding diaryl/α,β-unsaturated/α-hetero) is 1. The van der Waals surface area contributed by atoms with Crippen molar-refractivity contribution in [1.29, 1.82) is 0 Å². The Morgan fingerprint density at radius 2 is 1.79 bits per heavy atom. The standard InChI is InChI=1S/C17H22O2/c18-16(6-12-1-2-19-11-12)10-17-7-13-3-14(8-17)5-15(4-13)9-17/h1-2,11,13-15H,3-10H2. The van der Waals surface area contributed by atoms with Crippen LogP contribution in [0.3, 0.4) is 0 Å². The molecule has 1 aromatic heterocycles. The van der Waals surface area contributed by atoms with Gasteiger partial charge in [-0.05, 0) is 73.3 Å². The van der Waals surface area contributed by atoms with Crippen molar-refractivity contribution in [3.05, 3.63) is 24.2 Å². The smallest absolute Gasteiger partial charge is 0.137 e. The summed E-state index contributed by atoms with van der Waals surface area (Å²) in [7, 11) is 0. The van der Waals surface area contributed by atoms with Crippen molar-refractivity contribution in [2.45, 2.75) is 51.4 Å². The molecule has 4 aliphatic rings. The molecule has 0 N–H and O–H groups in total. The lowest BCUT2D eigenvalue weighted by atomic mass is 9.48. The van der Waals surface area contributed by atoms with E-state index in [1.807, 2.05) is 6.07 Å². The van der Waals surface area contributed by atoms with Crippen LogP contribution < -0.4 is 0 Å². The first-order valence-corrected chi connectivity index (χ1v) is 7.74. The molecule has 4 aliphatic carbocycles. The van der Waals surface area contributed by atoms with Gasteiger partial charge >= 0.3 is 0 Å². The van der Waals surface area contributed by atoms with Crippen molar-refractivity contribution >= 4 is 5.78 Å². The Hall–Kier alpha value is -1.05. The van der Waals surface area contributed by atoms with Gasteiger partial charge in [0.1, 0.15) is 5.78 Å². The third-order valence-electron chi connectivity index (χ3n) is 5.72. The maximum Gasteiger partial charge on any atom is 0.137 e. The number of carbonyl (C=O) groups is 1. The summed E-state index contributed by atoms with van der Waals surface area (Å²) in [5.74, 6) is 3.23. The largest absolute Gasteiger partial charge is 0.472 e. The first kappa shape index (κ1) is 11.7.